The largest absolute Gasteiger partial charge is 0.417 e. The van der Waals surface area contributed by atoms with Gasteiger partial charge in [-0.25, -0.2) is 0 Å². The van der Waals surface area contributed by atoms with Gasteiger partial charge < -0.3 is 4.90 Å². The van der Waals surface area contributed by atoms with Crippen LogP contribution in [0.15, 0.2) is 18.5 Å². The number of pyridine rings is 1. The number of carbonyl (C=O) groups excluding carboxylic acids is 1. The first-order valence-corrected chi connectivity index (χ1v) is 7.43. The molecule has 1 fully saturated rings. The molecule has 2 rings (SSSR count). The van der Waals surface area contributed by atoms with Crippen molar-refractivity contribution in [2.75, 3.05) is 13.1 Å². The highest BCUT2D eigenvalue weighted by Crippen LogP contribution is 2.33. The van der Waals surface area contributed by atoms with E-state index in [0.717, 1.165) is 12.3 Å². The molecule has 1 aliphatic rings. The van der Waals surface area contributed by atoms with Crippen LogP contribution in [-0.4, -0.2) is 35.1 Å². The Morgan fingerprint density at radius 1 is 1.12 bits per heavy atom. The standard InChI is InChI=1S/C15H16F6N2O/c16-14(17,18)4-1-13(24)23-5-2-10(3-6-23)11-7-12(9-22-8-11)15(19,20)21/h7-10H,1-6H2. The van der Waals surface area contributed by atoms with Crippen LogP contribution >= 0.6 is 0 Å². The number of hydrogen-bond donors (Lipinski definition) is 0. The maximum absolute atomic E-state index is 12.7. The molecule has 1 aromatic heterocycles. The third-order valence-corrected chi connectivity index (χ3v) is 4.03. The van der Waals surface area contributed by atoms with Crippen LogP contribution in [0.1, 0.15) is 42.7 Å². The number of nitrogens with zero attached hydrogens (tertiary/aromatic N) is 2. The lowest BCUT2D eigenvalue weighted by molar-refractivity contribution is -0.149. The van der Waals surface area contributed by atoms with E-state index in [9.17, 15) is 31.1 Å². The van der Waals surface area contributed by atoms with Crippen LogP contribution in [0.5, 0.6) is 0 Å². The van der Waals surface area contributed by atoms with Gasteiger partial charge in [0.2, 0.25) is 5.91 Å². The van der Waals surface area contributed by atoms with Gasteiger partial charge >= 0.3 is 12.4 Å². The third kappa shape index (κ3) is 5.10. The van der Waals surface area contributed by atoms with Crippen molar-refractivity contribution in [2.45, 2.75) is 44.0 Å². The summed E-state index contributed by atoms with van der Waals surface area (Å²) in [6, 6.07) is 1.04. The fourth-order valence-electron chi connectivity index (χ4n) is 2.71. The molecule has 1 amide bonds. The second-order valence-electron chi connectivity index (χ2n) is 5.77. The molecule has 134 valence electrons. The smallest absolute Gasteiger partial charge is 0.343 e. The zero-order valence-corrected chi connectivity index (χ0v) is 12.6. The lowest BCUT2D eigenvalue weighted by atomic mass is 9.89. The van der Waals surface area contributed by atoms with Gasteiger partial charge in [0.05, 0.1) is 12.0 Å². The minimum Gasteiger partial charge on any atom is -0.343 e. The van der Waals surface area contributed by atoms with Crippen molar-refractivity contribution in [3.8, 4) is 0 Å². The Morgan fingerprint density at radius 2 is 1.75 bits per heavy atom. The summed E-state index contributed by atoms with van der Waals surface area (Å²) in [7, 11) is 0. The van der Waals surface area contributed by atoms with Crippen LogP contribution in [0, 0.1) is 0 Å². The van der Waals surface area contributed by atoms with Gasteiger partial charge in [0.15, 0.2) is 0 Å². The number of alkyl halides is 6. The highest BCUT2D eigenvalue weighted by Gasteiger charge is 2.33. The molecule has 0 aromatic carbocycles. The second kappa shape index (κ2) is 6.98. The number of hydrogen-bond acceptors (Lipinski definition) is 2. The van der Waals surface area contributed by atoms with Gasteiger partial charge in [-0.15, -0.1) is 0 Å². The van der Waals surface area contributed by atoms with Crippen LogP contribution < -0.4 is 0 Å². The highest BCUT2D eigenvalue weighted by molar-refractivity contribution is 5.76. The molecule has 3 nitrogen and oxygen atoms in total. The number of amides is 1. The Labute approximate surface area is 134 Å². The first kappa shape index (κ1) is 18.5. The van der Waals surface area contributed by atoms with E-state index in [1.807, 2.05) is 0 Å². The zero-order chi connectivity index (χ0) is 18.0. The van der Waals surface area contributed by atoms with Crippen LogP contribution in [0.2, 0.25) is 0 Å². The van der Waals surface area contributed by atoms with Crippen molar-refractivity contribution in [1.29, 1.82) is 0 Å². The molecule has 0 saturated carbocycles. The second-order valence-corrected chi connectivity index (χ2v) is 5.77. The summed E-state index contributed by atoms with van der Waals surface area (Å²) in [6.07, 6.45) is -7.70. The van der Waals surface area contributed by atoms with Gasteiger partial charge in [-0.1, -0.05) is 0 Å². The molecule has 0 radical (unpaired) electrons. The molecule has 9 heteroatoms. The molecule has 0 aliphatic carbocycles. The Bertz CT molecular complexity index is 576. The van der Waals surface area contributed by atoms with Crippen molar-refractivity contribution in [1.82, 2.24) is 9.88 Å². The van der Waals surface area contributed by atoms with Crippen molar-refractivity contribution < 1.29 is 31.1 Å². The van der Waals surface area contributed by atoms with Gasteiger partial charge in [-0.05, 0) is 30.4 Å². The number of rotatable bonds is 3. The number of halogens is 6. The lowest BCUT2D eigenvalue weighted by Gasteiger charge is -2.32. The Balaban J connectivity index is 1.92. The molecule has 2 heterocycles. The molecule has 1 saturated heterocycles. The number of likely N-dealkylation sites (tertiary alicyclic amines) is 1. The average molecular weight is 354 g/mol. The predicted molar refractivity (Wildman–Crippen MR) is 73.1 cm³/mol. The van der Waals surface area contributed by atoms with Crippen LogP contribution in [0.25, 0.3) is 0 Å². The van der Waals surface area contributed by atoms with E-state index < -0.39 is 36.7 Å². The van der Waals surface area contributed by atoms with Crippen LogP contribution in [0.4, 0.5) is 26.3 Å². The zero-order valence-electron chi connectivity index (χ0n) is 12.6. The van der Waals surface area contributed by atoms with Gasteiger partial charge in [-0.3, -0.25) is 9.78 Å². The minimum absolute atomic E-state index is 0.188. The van der Waals surface area contributed by atoms with Crippen LogP contribution in [-0.2, 0) is 11.0 Å². The summed E-state index contributed by atoms with van der Waals surface area (Å²) in [4.78, 5) is 16.7. The van der Waals surface area contributed by atoms with Crippen molar-refractivity contribution in [2.24, 2.45) is 0 Å². The molecule has 1 aromatic rings. The normalized spacial score (nSPS) is 17.2. The van der Waals surface area contributed by atoms with Crippen LogP contribution in [0.3, 0.4) is 0 Å². The summed E-state index contributed by atoms with van der Waals surface area (Å²) < 4.78 is 74.5. The summed E-state index contributed by atoms with van der Waals surface area (Å²) in [6.45, 7) is 0.467. The van der Waals surface area contributed by atoms with E-state index in [-0.39, 0.29) is 19.0 Å². The fraction of sp³-hybridized carbons (Fsp3) is 0.600. The van der Waals surface area contributed by atoms with Crippen molar-refractivity contribution in [3.05, 3.63) is 29.6 Å². The van der Waals surface area contributed by atoms with E-state index in [0.29, 0.717) is 18.4 Å². The molecular formula is C15H16F6N2O. The third-order valence-electron chi connectivity index (χ3n) is 4.03. The van der Waals surface area contributed by atoms with Gasteiger partial charge in [0, 0.05) is 31.9 Å². The molecule has 0 spiro atoms. The number of carbonyl (C=O) groups is 1. The van der Waals surface area contributed by atoms with Gasteiger partial charge in [0.1, 0.15) is 0 Å². The Morgan fingerprint density at radius 3 is 2.29 bits per heavy atom. The van der Waals surface area contributed by atoms with Crippen molar-refractivity contribution in [3.63, 3.8) is 0 Å². The first-order chi connectivity index (χ1) is 11.1. The summed E-state index contributed by atoms with van der Waals surface area (Å²) in [5, 5.41) is 0. The maximum Gasteiger partial charge on any atom is 0.417 e. The van der Waals surface area contributed by atoms with Gasteiger partial charge in [-0.2, -0.15) is 26.3 Å². The number of aromatic nitrogens is 1. The Kier molecular flexibility index (Phi) is 5.39. The number of piperidine rings is 1. The molecule has 0 unspecified atom stereocenters. The fourth-order valence-corrected chi connectivity index (χ4v) is 2.71. The quantitative estimate of drug-likeness (QED) is 0.764. The van der Waals surface area contributed by atoms with E-state index in [1.165, 1.54) is 11.1 Å². The summed E-state index contributed by atoms with van der Waals surface area (Å²) >= 11 is 0. The molecule has 0 atom stereocenters. The highest BCUT2D eigenvalue weighted by atomic mass is 19.4. The summed E-state index contributed by atoms with van der Waals surface area (Å²) in [5.41, 5.74) is -0.393. The molecular weight excluding hydrogens is 338 g/mol. The van der Waals surface area contributed by atoms with E-state index in [4.69, 9.17) is 0 Å². The average Bonchev–Trinajstić information content (AvgIpc) is 2.51. The lowest BCUT2D eigenvalue weighted by Crippen LogP contribution is -2.38. The molecule has 24 heavy (non-hydrogen) atoms. The molecule has 0 N–H and O–H groups in total. The maximum atomic E-state index is 12.7. The SMILES string of the molecule is O=C(CCC(F)(F)F)N1CCC(c2cncc(C(F)(F)F)c2)CC1. The monoisotopic (exact) mass is 354 g/mol. The van der Waals surface area contributed by atoms with Crippen molar-refractivity contribution >= 4 is 5.91 Å². The topological polar surface area (TPSA) is 33.2 Å². The first-order valence-electron chi connectivity index (χ1n) is 7.43. The molecule has 0 bridgehead atoms. The van der Waals surface area contributed by atoms with E-state index >= 15 is 0 Å². The minimum atomic E-state index is -4.47. The summed E-state index contributed by atoms with van der Waals surface area (Å²) in [5.74, 6) is -0.764. The van der Waals surface area contributed by atoms with Gasteiger partial charge in [0.25, 0.3) is 0 Å². The van der Waals surface area contributed by atoms with E-state index in [1.54, 1.807) is 0 Å². The molecule has 1 aliphatic heterocycles. The van der Waals surface area contributed by atoms with E-state index in [2.05, 4.69) is 4.98 Å². The predicted octanol–water partition coefficient (Wildman–Crippen LogP) is 4.15. The Hall–Kier alpha value is -1.80.